The van der Waals surface area contributed by atoms with Gasteiger partial charge in [-0.25, -0.2) is 0 Å². The van der Waals surface area contributed by atoms with Crippen molar-refractivity contribution in [1.82, 2.24) is 5.16 Å². The molecule has 1 heterocycles. The van der Waals surface area contributed by atoms with Gasteiger partial charge in [0.25, 0.3) is 0 Å². The predicted octanol–water partition coefficient (Wildman–Crippen LogP) is -1.20. The Balaban J connectivity index is 2.84. The van der Waals surface area contributed by atoms with Crippen LogP contribution in [0.1, 0.15) is 5.69 Å². The molecule has 0 spiro atoms. The lowest BCUT2D eigenvalue weighted by atomic mass is 10.5. The van der Waals surface area contributed by atoms with Crippen molar-refractivity contribution < 1.29 is 14.6 Å². The second kappa shape index (κ2) is 1.79. The zero-order chi connectivity index (χ0) is 5.98. The van der Waals surface area contributed by atoms with Gasteiger partial charge in [0, 0.05) is 5.16 Å². The first kappa shape index (κ1) is 5.04. The summed E-state index contributed by atoms with van der Waals surface area (Å²) in [7, 11) is 0. The van der Waals surface area contributed by atoms with E-state index in [-0.39, 0.29) is 17.2 Å². The van der Waals surface area contributed by atoms with Gasteiger partial charge in [0.1, 0.15) is 6.61 Å². The van der Waals surface area contributed by atoms with Crippen molar-refractivity contribution in [2.75, 3.05) is 0 Å². The van der Waals surface area contributed by atoms with Gasteiger partial charge in [-0.1, -0.05) is 0 Å². The third-order valence-electron chi connectivity index (χ3n) is 0.655. The first-order valence-corrected chi connectivity index (χ1v) is 1.99. The van der Waals surface area contributed by atoms with E-state index in [1.807, 2.05) is 0 Å². The highest BCUT2D eigenvalue weighted by molar-refractivity contribution is 4.81. The van der Waals surface area contributed by atoms with Crippen LogP contribution in [0.3, 0.4) is 0 Å². The Labute approximate surface area is 44.7 Å². The molecule has 0 fully saturated rings. The summed E-state index contributed by atoms with van der Waals surface area (Å²) in [5.74, 6) is 0. The van der Waals surface area contributed by atoms with Crippen molar-refractivity contribution in [2.45, 2.75) is 6.61 Å². The standard InChI is InChI=1S/C3H4N2O3/c6-2-3-1-5(7)8-4-3/h1,6H,2H2. The van der Waals surface area contributed by atoms with Crippen LogP contribution in [0.4, 0.5) is 0 Å². The Morgan fingerprint density at radius 1 is 2.00 bits per heavy atom. The van der Waals surface area contributed by atoms with Crippen molar-refractivity contribution in [2.24, 2.45) is 0 Å². The molecule has 5 heteroatoms. The topological polar surface area (TPSA) is 73.2 Å². The molecule has 5 nitrogen and oxygen atoms in total. The number of hydrogen-bond donors (Lipinski definition) is 1. The summed E-state index contributed by atoms with van der Waals surface area (Å²) in [5, 5.41) is 21.5. The summed E-state index contributed by atoms with van der Waals surface area (Å²) < 4.78 is 4.01. The van der Waals surface area contributed by atoms with Gasteiger partial charge in [-0.3, -0.25) is 4.63 Å². The Morgan fingerprint density at radius 3 is 3.00 bits per heavy atom. The molecule has 1 aromatic heterocycles. The molecule has 0 saturated heterocycles. The van der Waals surface area contributed by atoms with Crippen molar-refractivity contribution in [3.8, 4) is 0 Å². The van der Waals surface area contributed by atoms with Crippen LogP contribution in [0.25, 0.3) is 0 Å². The van der Waals surface area contributed by atoms with Crippen LogP contribution in [0.5, 0.6) is 0 Å². The molecule has 1 rings (SSSR count). The molecule has 0 aliphatic heterocycles. The lowest BCUT2D eigenvalue weighted by Gasteiger charge is -1.74. The highest BCUT2D eigenvalue weighted by Crippen LogP contribution is 1.84. The van der Waals surface area contributed by atoms with Gasteiger partial charge in [0.15, 0.2) is 6.20 Å². The highest BCUT2D eigenvalue weighted by atomic mass is 16.8. The molecule has 44 valence electrons. The maximum Gasteiger partial charge on any atom is 0.243 e. The van der Waals surface area contributed by atoms with Crippen LogP contribution >= 0.6 is 0 Å². The monoisotopic (exact) mass is 116 g/mol. The maximum absolute atomic E-state index is 10.0. The molecule has 1 aromatic rings. The predicted molar refractivity (Wildman–Crippen MR) is 21.4 cm³/mol. The third kappa shape index (κ3) is 0.760. The van der Waals surface area contributed by atoms with E-state index >= 15 is 0 Å². The van der Waals surface area contributed by atoms with Crippen LogP contribution in [0.15, 0.2) is 10.8 Å². The highest BCUT2D eigenvalue weighted by Gasteiger charge is 2.00. The summed E-state index contributed by atoms with van der Waals surface area (Å²) in [4.78, 5) is 0.172. The molecule has 0 atom stereocenters. The molecular formula is C3H4N2O3. The number of aromatic nitrogens is 2. The van der Waals surface area contributed by atoms with Crippen LogP contribution in [-0.4, -0.2) is 10.3 Å². The quantitative estimate of drug-likeness (QED) is 0.468. The molecule has 0 bridgehead atoms. The number of hydrogen-bond acceptors (Lipinski definition) is 4. The maximum atomic E-state index is 10.0. The average molecular weight is 116 g/mol. The Bertz CT molecular complexity index is 173. The minimum Gasteiger partial charge on any atom is -0.387 e. The van der Waals surface area contributed by atoms with E-state index < -0.39 is 0 Å². The Morgan fingerprint density at radius 2 is 2.75 bits per heavy atom. The van der Waals surface area contributed by atoms with E-state index in [1.54, 1.807) is 0 Å². The van der Waals surface area contributed by atoms with Crippen molar-refractivity contribution >= 4 is 0 Å². The minimum atomic E-state index is -0.265. The number of rotatable bonds is 1. The summed E-state index contributed by atoms with van der Waals surface area (Å²) in [5.41, 5.74) is 0.236. The van der Waals surface area contributed by atoms with Gasteiger partial charge in [-0.15, -0.1) is 0 Å². The fraction of sp³-hybridized carbons (Fsp3) is 0.333. The largest absolute Gasteiger partial charge is 0.387 e. The van der Waals surface area contributed by atoms with Gasteiger partial charge < -0.3 is 10.3 Å². The first-order chi connectivity index (χ1) is 3.83. The Kier molecular flexibility index (Phi) is 1.13. The number of nitrogens with zero attached hydrogens (tertiary/aromatic N) is 2. The molecule has 0 saturated carbocycles. The summed E-state index contributed by atoms with van der Waals surface area (Å²) >= 11 is 0. The van der Waals surface area contributed by atoms with Crippen molar-refractivity contribution in [3.63, 3.8) is 0 Å². The van der Waals surface area contributed by atoms with E-state index in [9.17, 15) is 5.21 Å². The van der Waals surface area contributed by atoms with Crippen LogP contribution in [0, 0.1) is 5.21 Å². The molecule has 0 radical (unpaired) electrons. The molecule has 0 aromatic carbocycles. The smallest absolute Gasteiger partial charge is 0.243 e. The zero-order valence-electron chi connectivity index (χ0n) is 3.94. The van der Waals surface area contributed by atoms with Crippen LogP contribution in [-0.2, 0) is 6.61 Å². The molecular weight excluding hydrogens is 112 g/mol. The second-order valence-corrected chi connectivity index (χ2v) is 1.24. The summed E-state index contributed by atoms with van der Waals surface area (Å²) in [6, 6.07) is 0. The van der Waals surface area contributed by atoms with Gasteiger partial charge in [0.05, 0.1) is 0 Å². The third-order valence-corrected chi connectivity index (χ3v) is 0.655. The van der Waals surface area contributed by atoms with Crippen LogP contribution < -0.4 is 4.90 Å². The molecule has 0 unspecified atom stereocenters. The SMILES string of the molecule is [O-][n+]1cc(CO)no1. The minimum absolute atomic E-state index is 0.172. The molecule has 8 heavy (non-hydrogen) atoms. The Hall–Kier alpha value is -1.10. The lowest BCUT2D eigenvalue weighted by Crippen LogP contribution is -2.20. The lowest BCUT2D eigenvalue weighted by molar-refractivity contribution is -0.802. The van der Waals surface area contributed by atoms with E-state index in [0.717, 1.165) is 6.20 Å². The van der Waals surface area contributed by atoms with E-state index in [0.29, 0.717) is 0 Å². The number of aliphatic hydroxyl groups is 1. The molecule has 1 N–H and O–H groups in total. The average Bonchev–Trinajstić information content (AvgIpc) is 2.14. The van der Waals surface area contributed by atoms with Gasteiger partial charge in [-0.05, 0) is 4.90 Å². The van der Waals surface area contributed by atoms with Crippen LogP contribution in [0.2, 0.25) is 0 Å². The zero-order valence-corrected chi connectivity index (χ0v) is 3.94. The van der Waals surface area contributed by atoms with Gasteiger partial charge in [0.2, 0.25) is 5.69 Å². The van der Waals surface area contributed by atoms with Crippen molar-refractivity contribution in [1.29, 1.82) is 0 Å². The first-order valence-electron chi connectivity index (χ1n) is 1.99. The van der Waals surface area contributed by atoms with Gasteiger partial charge in [-0.2, -0.15) is 0 Å². The van der Waals surface area contributed by atoms with Gasteiger partial charge >= 0.3 is 0 Å². The summed E-state index contributed by atoms with van der Waals surface area (Å²) in [6.07, 6.45) is 1.06. The molecule has 0 aliphatic carbocycles. The normalized spacial score (nSPS) is 9.62. The second-order valence-electron chi connectivity index (χ2n) is 1.24. The van der Waals surface area contributed by atoms with E-state index in [4.69, 9.17) is 5.11 Å². The van der Waals surface area contributed by atoms with E-state index in [2.05, 4.69) is 9.79 Å². The summed E-state index contributed by atoms with van der Waals surface area (Å²) in [6.45, 7) is -0.265. The molecule has 0 aliphatic rings. The fourth-order valence-corrected chi connectivity index (χ4v) is 0.331. The van der Waals surface area contributed by atoms with E-state index in [1.165, 1.54) is 0 Å². The van der Waals surface area contributed by atoms with Crippen molar-refractivity contribution in [3.05, 3.63) is 17.1 Å². The fourth-order valence-electron chi connectivity index (χ4n) is 0.331. The molecule has 0 amide bonds. The number of aliphatic hydroxyl groups excluding tert-OH is 1.